The Morgan fingerprint density at radius 3 is 2.63 bits per heavy atom. The summed E-state index contributed by atoms with van der Waals surface area (Å²) < 4.78 is 16.4. The standard InChI is InChI=1S/C21H31N3O3/c1-15(14-22)16-5-8-24(9-6-16)19-4-7-23-18-13-20(26-3)21(12-17(18)19)27-11-10-25-2/h4,7,12-13,15-16H,5-6,8-11,14,22H2,1-3H3. The third-order valence-electron chi connectivity index (χ3n) is 5.61. The number of aromatic nitrogens is 1. The van der Waals surface area contributed by atoms with Gasteiger partial charge in [-0.2, -0.15) is 0 Å². The largest absolute Gasteiger partial charge is 0.493 e. The number of piperidine rings is 1. The molecule has 0 radical (unpaired) electrons. The van der Waals surface area contributed by atoms with Crippen molar-refractivity contribution in [3.8, 4) is 11.5 Å². The topological polar surface area (TPSA) is 69.8 Å². The molecule has 2 aromatic rings. The maximum atomic E-state index is 5.87. The van der Waals surface area contributed by atoms with Crippen LogP contribution in [0.4, 0.5) is 5.69 Å². The first-order valence-corrected chi connectivity index (χ1v) is 9.71. The van der Waals surface area contributed by atoms with E-state index in [0.29, 0.717) is 30.8 Å². The van der Waals surface area contributed by atoms with Crippen LogP contribution in [0.3, 0.4) is 0 Å². The third kappa shape index (κ3) is 4.45. The van der Waals surface area contributed by atoms with E-state index in [4.69, 9.17) is 19.9 Å². The van der Waals surface area contributed by atoms with E-state index < -0.39 is 0 Å². The van der Waals surface area contributed by atoms with Gasteiger partial charge in [-0.3, -0.25) is 4.98 Å². The van der Waals surface area contributed by atoms with E-state index in [1.54, 1.807) is 14.2 Å². The lowest BCUT2D eigenvalue weighted by Crippen LogP contribution is -2.37. The molecule has 0 spiro atoms. The van der Waals surface area contributed by atoms with Crippen molar-refractivity contribution in [3.05, 3.63) is 24.4 Å². The molecule has 0 bridgehead atoms. The van der Waals surface area contributed by atoms with Crippen LogP contribution in [0.15, 0.2) is 24.4 Å². The molecular formula is C21H31N3O3. The van der Waals surface area contributed by atoms with Crippen LogP contribution in [0, 0.1) is 11.8 Å². The molecule has 148 valence electrons. The van der Waals surface area contributed by atoms with E-state index in [1.165, 1.54) is 18.5 Å². The molecule has 1 saturated heterocycles. The molecule has 27 heavy (non-hydrogen) atoms. The Morgan fingerprint density at radius 1 is 1.19 bits per heavy atom. The first kappa shape index (κ1) is 19.7. The van der Waals surface area contributed by atoms with Crippen LogP contribution in [-0.2, 0) is 4.74 Å². The summed E-state index contributed by atoms with van der Waals surface area (Å²) in [5.41, 5.74) is 7.98. The van der Waals surface area contributed by atoms with Gasteiger partial charge in [0.2, 0.25) is 0 Å². The van der Waals surface area contributed by atoms with Crippen molar-refractivity contribution in [3.63, 3.8) is 0 Å². The molecule has 6 nitrogen and oxygen atoms in total. The Hall–Kier alpha value is -2.05. The lowest BCUT2D eigenvalue weighted by atomic mass is 9.85. The number of hydrogen-bond donors (Lipinski definition) is 1. The van der Waals surface area contributed by atoms with Crippen molar-refractivity contribution in [2.45, 2.75) is 19.8 Å². The van der Waals surface area contributed by atoms with Crippen LogP contribution >= 0.6 is 0 Å². The maximum Gasteiger partial charge on any atom is 0.162 e. The highest BCUT2D eigenvalue weighted by Crippen LogP contribution is 2.37. The van der Waals surface area contributed by atoms with Crippen LogP contribution < -0.4 is 20.1 Å². The zero-order valence-electron chi connectivity index (χ0n) is 16.6. The Morgan fingerprint density at radius 2 is 1.96 bits per heavy atom. The molecule has 6 heteroatoms. The number of nitrogens with zero attached hydrogens (tertiary/aromatic N) is 2. The average molecular weight is 373 g/mol. The number of nitrogens with two attached hydrogens (primary N) is 1. The highest BCUT2D eigenvalue weighted by molar-refractivity contribution is 5.94. The Balaban J connectivity index is 1.86. The van der Waals surface area contributed by atoms with E-state index in [-0.39, 0.29) is 0 Å². The Bertz CT molecular complexity index is 745. The summed E-state index contributed by atoms with van der Waals surface area (Å²) in [5, 5.41) is 1.09. The van der Waals surface area contributed by atoms with Gasteiger partial charge >= 0.3 is 0 Å². The fraction of sp³-hybridized carbons (Fsp3) is 0.571. The molecule has 0 aliphatic carbocycles. The molecular weight excluding hydrogens is 342 g/mol. The smallest absolute Gasteiger partial charge is 0.162 e. The predicted octanol–water partition coefficient (Wildman–Crippen LogP) is 3.08. The van der Waals surface area contributed by atoms with Crippen molar-refractivity contribution in [1.29, 1.82) is 0 Å². The third-order valence-corrected chi connectivity index (χ3v) is 5.61. The summed E-state index contributed by atoms with van der Waals surface area (Å²) in [6, 6.07) is 6.09. The molecule has 0 amide bonds. The highest BCUT2D eigenvalue weighted by atomic mass is 16.5. The van der Waals surface area contributed by atoms with Gasteiger partial charge in [0, 0.05) is 43.5 Å². The number of benzene rings is 1. The lowest BCUT2D eigenvalue weighted by molar-refractivity contribution is 0.144. The molecule has 1 aromatic heterocycles. The molecule has 1 aliphatic heterocycles. The molecule has 2 heterocycles. The van der Waals surface area contributed by atoms with Gasteiger partial charge in [-0.25, -0.2) is 0 Å². The van der Waals surface area contributed by atoms with Crippen molar-refractivity contribution < 1.29 is 14.2 Å². The minimum Gasteiger partial charge on any atom is -0.493 e. The number of anilines is 1. The number of rotatable bonds is 8. The zero-order valence-corrected chi connectivity index (χ0v) is 16.6. The number of ether oxygens (including phenoxy) is 3. The lowest BCUT2D eigenvalue weighted by Gasteiger charge is -2.36. The van der Waals surface area contributed by atoms with E-state index in [0.717, 1.165) is 36.3 Å². The van der Waals surface area contributed by atoms with Crippen LogP contribution in [-0.4, -0.2) is 52.1 Å². The van der Waals surface area contributed by atoms with Gasteiger partial charge in [0.25, 0.3) is 0 Å². The Kier molecular flexibility index (Phi) is 6.74. The molecule has 1 aromatic carbocycles. The highest BCUT2D eigenvalue weighted by Gasteiger charge is 2.24. The van der Waals surface area contributed by atoms with Crippen molar-refractivity contribution in [2.24, 2.45) is 17.6 Å². The number of methoxy groups -OCH3 is 2. The first-order chi connectivity index (χ1) is 13.2. The second kappa shape index (κ2) is 9.24. The summed E-state index contributed by atoms with van der Waals surface area (Å²) in [4.78, 5) is 6.99. The van der Waals surface area contributed by atoms with Gasteiger partial charge in [0.15, 0.2) is 11.5 Å². The van der Waals surface area contributed by atoms with Gasteiger partial charge in [-0.1, -0.05) is 6.92 Å². The van der Waals surface area contributed by atoms with Gasteiger partial charge in [0.05, 0.1) is 19.2 Å². The molecule has 1 fully saturated rings. The summed E-state index contributed by atoms with van der Waals surface area (Å²) in [5.74, 6) is 2.72. The minimum absolute atomic E-state index is 0.482. The fourth-order valence-electron chi connectivity index (χ4n) is 3.82. The number of fused-ring (bicyclic) bond motifs is 1. The minimum atomic E-state index is 0.482. The normalized spacial score (nSPS) is 16.5. The van der Waals surface area contributed by atoms with E-state index in [2.05, 4.69) is 22.9 Å². The second-order valence-electron chi connectivity index (χ2n) is 7.23. The average Bonchev–Trinajstić information content (AvgIpc) is 2.72. The quantitative estimate of drug-likeness (QED) is 0.717. The molecule has 2 N–H and O–H groups in total. The van der Waals surface area contributed by atoms with Gasteiger partial charge in [-0.15, -0.1) is 0 Å². The predicted molar refractivity (Wildman–Crippen MR) is 109 cm³/mol. The molecule has 3 rings (SSSR count). The second-order valence-corrected chi connectivity index (χ2v) is 7.23. The number of pyridine rings is 1. The van der Waals surface area contributed by atoms with Crippen molar-refractivity contribution in [1.82, 2.24) is 4.98 Å². The molecule has 1 atom stereocenters. The summed E-state index contributed by atoms with van der Waals surface area (Å²) >= 11 is 0. The summed E-state index contributed by atoms with van der Waals surface area (Å²) in [6.07, 6.45) is 4.22. The van der Waals surface area contributed by atoms with Crippen LogP contribution in [0.2, 0.25) is 0 Å². The fourth-order valence-corrected chi connectivity index (χ4v) is 3.82. The van der Waals surface area contributed by atoms with Crippen molar-refractivity contribution >= 4 is 16.6 Å². The molecule has 0 saturated carbocycles. The van der Waals surface area contributed by atoms with Gasteiger partial charge in [0.1, 0.15) is 6.61 Å². The van der Waals surface area contributed by atoms with E-state index >= 15 is 0 Å². The van der Waals surface area contributed by atoms with Crippen LogP contribution in [0.5, 0.6) is 11.5 Å². The SMILES string of the molecule is COCCOc1cc2c(N3CCC(C(C)CN)CC3)ccnc2cc1OC. The van der Waals surface area contributed by atoms with Crippen molar-refractivity contribution in [2.75, 3.05) is 52.0 Å². The Labute approximate surface area is 161 Å². The van der Waals surface area contributed by atoms with Gasteiger partial charge < -0.3 is 24.8 Å². The van der Waals surface area contributed by atoms with Crippen LogP contribution in [0.1, 0.15) is 19.8 Å². The van der Waals surface area contributed by atoms with E-state index in [1.807, 2.05) is 18.3 Å². The summed E-state index contributed by atoms with van der Waals surface area (Å²) in [6.45, 7) is 6.13. The van der Waals surface area contributed by atoms with Gasteiger partial charge in [-0.05, 0) is 43.4 Å². The van der Waals surface area contributed by atoms with Crippen LogP contribution in [0.25, 0.3) is 10.9 Å². The number of hydrogen-bond acceptors (Lipinski definition) is 6. The van der Waals surface area contributed by atoms with E-state index in [9.17, 15) is 0 Å². The molecule has 1 unspecified atom stereocenters. The zero-order chi connectivity index (χ0) is 19.2. The monoisotopic (exact) mass is 373 g/mol. The first-order valence-electron chi connectivity index (χ1n) is 9.71. The summed E-state index contributed by atoms with van der Waals surface area (Å²) in [7, 11) is 3.32. The maximum absolute atomic E-state index is 5.87. The molecule has 1 aliphatic rings.